The molecule has 23 heavy (non-hydrogen) atoms. The van der Waals surface area contributed by atoms with Crippen molar-refractivity contribution in [1.29, 1.82) is 0 Å². The lowest BCUT2D eigenvalue weighted by atomic mass is 10.1. The summed E-state index contributed by atoms with van der Waals surface area (Å²) in [6, 6.07) is 0. The van der Waals surface area contributed by atoms with Gasteiger partial charge < -0.3 is 14.7 Å². The van der Waals surface area contributed by atoms with Crippen molar-refractivity contribution in [2.24, 2.45) is 5.92 Å². The highest BCUT2D eigenvalue weighted by Gasteiger charge is 2.29. The van der Waals surface area contributed by atoms with E-state index in [-0.39, 0.29) is 30.7 Å². The number of nitrogens with one attached hydrogen (secondary N) is 1. The summed E-state index contributed by atoms with van der Waals surface area (Å²) in [6.45, 7) is 7.86. The number of hydrogen-bond acceptors (Lipinski definition) is 6. The van der Waals surface area contributed by atoms with E-state index < -0.39 is 0 Å². The van der Waals surface area contributed by atoms with Crippen molar-refractivity contribution in [2.75, 3.05) is 39.3 Å². The van der Waals surface area contributed by atoms with Crippen LogP contribution in [0.1, 0.15) is 25.1 Å². The molecule has 9 heteroatoms. The summed E-state index contributed by atoms with van der Waals surface area (Å²) >= 11 is 0. The molecular weight excluding hydrogens is 341 g/mol. The molecule has 132 valence electrons. The summed E-state index contributed by atoms with van der Waals surface area (Å²) in [4.78, 5) is 20.9. The van der Waals surface area contributed by atoms with Crippen LogP contribution in [-0.2, 0) is 17.8 Å². The van der Waals surface area contributed by atoms with Crippen molar-refractivity contribution in [1.82, 2.24) is 25.3 Å². The van der Waals surface area contributed by atoms with E-state index in [9.17, 15) is 4.79 Å². The number of amides is 1. The molecule has 2 aliphatic heterocycles. The monoisotopic (exact) mass is 365 g/mol. The second kappa shape index (κ2) is 9.42. The molecule has 0 spiro atoms. The molecule has 0 aromatic carbocycles. The molecule has 1 amide bonds. The number of aromatic nitrogens is 2. The quantitative estimate of drug-likeness (QED) is 0.847. The van der Waals surface area contributed by atoms with Crippen LogP contribution in [0.3, 0.4) is 0 Å². The summed E-state index contributed by atoms with van der Waals surface area (Å²) in [7, 11) is 0. The Bertz CT molecular complexity index is 485. The molecule has 0 bridgehead atoms. The Morgan fingerprint density at radius 1 is 1.30 bits per heavy atom. The van der Waals surface area contributed by atoms with Crippen LogP contribution in [0.2, 0.25) is 0 Å². The van der Waals surface area contributed by atoms with E-state index in [2.05, 4.69) is 20.4 Å². The number of rotatable bonds is 4. The Morgan fingerprint density at radius 3 is 2.61 bits per heavy atom. The van der Waals surface area contributed by atoms with Crippen LogP contribution in [0, 0.1) is 5.92 Å². The van der Waals surface area contributed by atoms with E-state index in [4.69, 9.17) is 4.52 Å². The van der Waals surface area contributed by atoms with Crippen LogP contribution in [0.4, 0.5) is 0 Å². The van der Waals surface area contributed by atoms with Gasteiger partial charge >= 0.3 is 0 Å². The van der Waals surface area contributed by atoms with Gasteiger partial charge in [-0.1, -0.05) is 12.1 Å². The van der Waals surface area contributed by atoms with E-state index in [0.29, 0.717) is 18.3 Å². The average Bonchev–Trinajstić information content (AvgIpc) is 3.19. The summed E-state index contributed by atoms with van der Waals surface area (Å²) in [5.74, 6) is 1.92. The number of piperazine rings is 1. The Labute approximate surface area is 149 Å². The fraction of sp³-hybridized carbons (Fsp3) is 0.786. The van der Waals surface area contributed by atoms with Gasteiger partial charge in [0.05, 0.1) is 12.5 Å². The van der Waals surface area contributed by atoms with E-state index in [1.165, 1.54) is 0 Å². The third-order valence-electron chi connectivity index (χ3n) is 4.27. The molecule has 7 nitrogen and oxygen atoms in total. The first kappa shape index (κ1) is 20.2. The second-order valence-corrected chi connectivity index (χ2v) is 5.75. The number of nitrogens with zero attached hydrogens (tertiary/aromatic N) is 4. The molecule has 3 rings (SSSR count). The lowest BCUT2D eigenvalue weighted by Crippen LogP contribution is -2.50. The van der Waals surface area contributed by atoms with Gasteiger partial charge in [-0.25, -0.2) is 0 Å². The fourth-order valence-electron chi connectivity index (χ4n) is 2.95. The highest BCUT2D eigenvalue weighted by Crippen LogP contribution is 2.14. The molecule has 1 atom stereocenters. The van der Waals surface area contributed by atoms with Crippen molar-refractivity contribution in [3.05, 3.63) is 11.7 Å². The molecule has 1 unspecified atom stereocenters. The Morgan fingerprint density at radius 2 is 2.04 bits per heavy atom. The lowest BCUT2D eigenvalue weighted by molar-refractivity contribution is -0.136. The number of carbonyl (C=O) groups excluding carboxylic acids is 1. The van der Waals surface area contributed by atoms with Crippen LogP contribution in [-0.4, -0.2) is 65.1 Å². The summed E-state index contributed by atoms with van der Waals surface area (Å²) in [5.41, 5.74) is 0. The van der Waals surface area contributed by atoms with Gasteiger partial charge in [-0.2, -0.15) is 4.98 Å². The maximum Gasteiger partial charge on any atom is 0.227 e. The largest absolute Gasteiger partial charge is 0.340 e. The predicted molar refractivity (Wildman–Crippen MR) is 91.0 cm³/mol. The molecule has 2 aliphatic rings. The molecule has 1 aromatic heterocycles. The molecule has 0 saturated carbocycles. The summed E-state index contributed by atoms with van der Waals surface area (Å²) in [6.07, 6.45) is 1.74. The first-order valence-electron chi connectivity index (χ1n) is 7.79. The molecule has 3 heterocycles. The van der Waals surface area contributed by atoms with Crippen LogP contribution >= 0.6 is 24.8 Å². The van der Waals surface area contributed by atoms with Crippen molar-refractivity contribution in [2.45, 2.75) is 26.3 Å². The first-order chi connectivity index (χ1) is 10.3. The third kappa shape index (κ3) is 5.04. The Hall–Kier alpha value is -0.890. The SMILES string of the molecule is CCc1nc(CN2CCN(C(=O)C3CCNC3)CC2)no1.Cl.Cl. The number of hydrogen-bond donors (Lipinski definition) is 1. The molecule has 2 saturated heterocycles. The van der Waals surface area contributed by atoms with Crippen LogP contribution in [0.15, 0.2) is 4.52 Å². The Kier molecular flexibility index (Phi) is 8.25. The van der Waals surface area contributed by atoms with Gasteiger partial charge in [-0.15, -0.1) is 24.8 Å². The van der Waals surface area contributed by atoms with Crippen molar-refractivity contribution < 1.29 is 9.32 Å². The summed E-state index contributed by atoms with van der Waals surface area (Å²) in [5, 5.41) is 7.24. The lowest BCUT2D eigenvalue weighted by Gasteiger charge is -2.35. The van der Waals surface area contributed by atoms with Gasteiger partial charge in [0.1, 0.15) is 0 Å². The smallest absolute Gasteiger partial charge is 0.227 e. The van der Waals surface area contributed by atoms with E-state index in [1.807, 2.05) is 11.8 Å². The van der Waals surface area contributed by atoms with Crippen molar-refractivity contribution in [3.8, 4) is 0 Å². The van der Waals surface area contributed by atoms with Gasteiger partial charge in [-0.3, -0.25) is 9.69 Å². The first-order valence-corrected chi connectivity index (χ1v) is 7.79. The number of halogens is 2. The van der Waals surface area contributed by atoms with Crippen LogP contribution in [0.25, 0.3) is 0 Å². The molecular formula is C14H25Cl2N5O2. The van der Waals surface area contributed by atoms with E-state index >= 15 is 0 Å². The minimum absolute atomic E-state index is 0. The zero-order chi connectivity index (χ0) is 14.7. The van der Waals surface area contributed by atoms with Gasteiger partial charge in [0.15, 0.2) is 5.82 Å². The highest BCUT2D eigenvalue weighted by molar-refractivity contribution is 5.85. The number of aryl methyl sites for hydroxylation is 1. The molecule has 0 radical (unpaired) electrons. The molecule has 1 N–H and O–H groups in total. The van der Waals surface area contributed by atoms with Crippen LogP contribution in [0.5, 0.6) is 0 Å². The fourth-order valence-corrected chi connectivity index (χ4v) is 2.95. The second-order valence-electron chi connectivity index (χ2n) is 5.75. The minimum Gasteiger partial charge on any atom is -0.340 e. The number of carbonyl (C=O) groups is 1. The zero-order valence-electron chi connectivity index (χ0n) is 13.4. The van der Waals surface area contributed by atoms with Crippen molar-refractivity contribution >= 4 is 30.7 Å². The standard InChI is InChI=1S/C14H23N5O2.2ClH/c1-2-13-16-12(17-21-13)10-18-5-7-19(8-6-18)14(20)11-3-4-15-9-11;;/h11,15H,2-10H2,1H3;2*1H. The Balaban J connectivity index is 0.00000132. The molecule has 2 fully saturated rings. The molecule has 1 aromatic rings. The maximum atomic E-state index is 12.3. The van der Waals surface area contributed by atoms with Gasteiger partial charge in [-0.05, 0) is 13.0 Å². The van der Waals surface area contributed by atoms with Gasteiger partial charge in [0.25, 0.3) is 0 Å². The van der Waals surface area contributed by atoms with Gasteiger partial charge in [0.2, 0.25) is 11.8 Å². The average molecular weight is 366 g/mol. The maximum absolute atomic E-state index is 12.3. The molecule has 0 aliphatic carbocycles. The van der Waals surface area contributed by atoms with E-state index in [0.717, 1.165) is 57.9 Å². The summed E-state index contributed by atoms with van der Waals surface area (Å²) < 4.78 is 5.12. The third-order valence-corrected chi connectivity index (χ3v) is 4.27. The zero-order valence-corrected chi connectivity index (χ0v) is 15.0. The van der Waals surface area contributed by atoms with Crippen LogP contribution < -0.4 is 5.32 Å². The van der Waals surface area contributed by atoms with Gasteiger partial charge in [0, 0.05) is 39.1 Å². The predicted octanol–water partition coefficient (Wildman–Crippen LogP) is 0.729. The topological polar surface area (TPSA) is 74.5 Å². The van der Waals surface area contributed by atoms with E-state index in [1.54, 1.807) is 0 Å². The minimum atomic E-state index is 0. The normalized spacial score (nSPS) is 21.6. The van der Waals surface area contributed by atoms with Crippen molar-refractivity contribution in [3.63, 3.8) is 0 Å². The highest BCUT2D eigenvalue weighted by atomic mass is 35.5.